The lowest BCUT2D eigenvalue weighted by molar-refractivity contribution is 0.297. The summed E-state index contributed by atoms with van der Waals surface area (Å²) in [4.78, 5) is 0.569. The van der Waals surface area contributed by atoms with E-state index in [2.05, 4.69) is 12.6 Å². The van der Waals surface area contributed by atoms with Gasteiger partial charge in [0, 0.05) is 16.0 Å². The van der Waals surface area contributed by atoms with E-state index in [0.29, 0.717) is 21.2 Å². The summed E-state index contributed by atoms with van der Waals surface area (Å²) in [6.07, 6.45) is 0. The van der Waals surface area contributed by atoms with Crippen molar-refractivity contribution in [1.29, 1.82) is 0 Å². The SMILES string of the molecule is Fc1cc(F)cc(COc2ccc(Cl)cc2S)c1. The van der Waals surface area contributed by atoms with Gasteiger partial charge in [0.15, 0.2) is 0 Å². The van der Waals surface area contributed by atoms with Crippen molar-refractivity contribution in [2.75, 3.05) is 0 Å². The van der Waals surface area contributed by atoms with Crippen molar-refractivity contribution < 1.29 is 13.5 Å². The minimum absolute atomic E-state index is 0.0594. The highest BCUT2D eigenvalue weighted by Gasteiger charge is 2.04. The topological polar surface area (TPSA) is 9.23 Å². The fourth-order valence-electron chi connectivity index (χ4n) is 1.47. The maximum Gasteiger partial charge on any atom is 0.133 e. The molecule has 0 bridgehead atoms. The van der Waals surface area contributed by atoms with E-state index < -0.39 is 11.6 Å². The van der Waals surface area contributed by atoms with E-state index in [1.54, 1.807) is 18.2 Å². The minimum atomic E-state index is -0.629. The molecule has 0 amide bonds. The molecular formula is C13H9ClF2OS. The fraction of sp³-hybridized carbons (Fsp3) is 0.0769. The second-order valence-corrected chi connectivity index (χ2v) is 4.60. The standard InChI is InChI=1S/C13H9ClF2OS/c14-9-1-2-12(13(18)5-9)17-7-8-3-10(15)6-11(16)4-8/h1-6,18H,7H2. The van der Waals surface area contributed by atoms with Gasteiger partial charge < -0.3 is 4.74 Å². The normalized spacial score (nSPS) is 10.4. The van der Waals surface area contributed by atoms with Crippen molar-refractivity contribution in [2.45, 2.75) is 11.5 Å². The number of rotatable bonds is 3. The average molecular weight is 287 g/mol. The van der Waals surface area contributed by atoms with Gasteiger partial charge in [-0.3, -0.25) is 0 Å². The molecule has 2 aromatic carbocycles. The quantitative estimate of drug-likeness (QED) is 0.818. The van der Waals surface area contributed by atoms with Crippen molar-refractivity contribution in [3.8, 4) is 5.75 Å². The Kier molecular flexibility index (Phi) is 4.09. The zero-order valence-corrected chi connectivity index (χ0v) is 10.8. The predicted molar refractivity (Wildman–Crippen MR) is 69.4 cm³/mol. The van der Waals surface area contributed by atoms with Gasteiger partial charge in [0.05, 0.1) is 0 Å². The predicted octanol–water partition coefficient (Wildman–Crippen LogP) is 4.49. The minimum Gasteiger partial charge on any atom is -0.488 e. The van der Waals surface area contributed by atoms with Gasteiger partial charge in [-0.25, -0.2) is 8.78 Å². The Bertz CT molecular complexity index is 555. The molecule has 0 heterocycles. The van der Waals surface area contributed by atoms with Crippen molar-refractivity contribution in [3.05, 3.63) is 58.6 Å². The summed E-state index contributed by atoms with van der Waals surface area (Å²) in [5.41, 5.74) is 0.412. The molecule has 0 unspecified atom stereocenters. The molecule has 1 nitrogen and oxygen atoms in total. The summed E-state index contributed by atoms with van der Waals surface area (Å²) >= 11 is 9.97. The number of hydrogen-bond donors (Lipinski definition) is 1. The van der Waals surface area contributed by atoms with Gasteiger partial charge in [-0.15, -0.1) is 12.6 Å². The van der Waals surface area contributed by atoms with Gasteiger partial charge >= 0.3 is 0 Å². The van der Waals surface area contributed by atoms with Crippen LogP contribution in [0.1, 0.15) is 5.56 Å². The third kappa shape index (κ3) is 3.37. The van der Waals surface area contributed by atoms with Crippen LogP contribution in [0.3, 0.4) is 0 Å². The molecule has 0 saturated heterocycles. The van der Waals surface area contributed by atoms with Crippen LogP contribution in [0.25, 0.3) is 0 Å². The van der Waals surface area contributed by atoms with Crippen molar-refractivity contribution in [3.63, 3.8) is 0 Å². The Morgan fingerprint density at radius 3 is 2.33 bits per heavy atom. The molecule has 0 radical (unpaired) electrons. The molecule has 0 aromatic heterocycles. The number of thiol groups is 1. The molecule has 0 aliphatic carbocycles. The van der Waals surface area contributed by atoms with Crippen LogP contribution >= 0.6 is 24.2 Å². The highest BCUT2D eigenvalue weighted by molar-refractivity contribution is 7.80. The maximum absolute atomic E-state index is 13.0. The van der Waals surface area contributed by atoms with Gasteiger partial charge in [0.2, 0.25) is 0 Å². The lowest BCUT2D eigenvalue weighted by atomic mass is 10.2. The molecule has 5 heteroatoms. The Hall–Kier alpha value is -1.26. The largest absolute Gasteiger partial charge is 0.488 e. The molecule has 18 heavy (non-hydrogen) atoms. The Morgan fingerprint density at radius 1 is 1.06 bits per heavy atom. The summed E-state index contributed by atoms with van der Waals surface area (Å²) in [7, 11) is 0. The zero-order chi connectivity index (χ0) is 13.1. The molecule has 0 fully saturated rings. The first-order valence-electron chi connectivity index (χ1n) is 5.11. The van der Waals surface area contributed by atoms with E-state index in [4.69, 9.17) is 16.3 Å². The molecule has 0 aliphatic rings. The molecular weight excluding hydrogens is 278 g/mol. The van der Waals surface area contributed by atoms with E-state index in [9.17, 15) is 8.78 Å². The fourth-order valence-corrected chi connectivity index (χ4v) is 1.99. The van der Waals surface area contributed by atoms with E-state index in [1.165, 1.54) is 12.1 Å². The molecule has 0 aliphatic heterocycles. The van der Waals surface area contributed by atoms with Gasteiger partial charge in [-0.05, 0) is 35.9 Å². The summed E-state index contributed by atoms with van der Waals surface area (Å²) in [5, 5.41) is 0.546. The summed E-state index contributed by atoms with van der Waals surface area (Å²) in [6.45, 7) is 0.0594. The van der Waals surface area contributed by atoms with Crippen LogP contribution in [-0.2, 0) is 6.61 Å². The van der Waals surface area contributed by atoms with Crippen LogP contribution in [0.15, 0.2) is 41.3 Å². The molecule has 2 aromatic rings. The highest BCUT2D eigenvalue weighted by atomic mass is 35.5. The third-order valence-electron chi connectivity index (χ3n) is 2.24. The maximum atomic E-state index is 13.0. The monoisotopic (exact) mass is 286 g/mol. The number of benzene rings is 2. The third-order valence-corrected chi connectivity index (χ3v) is 2.82. The van der Waals surface area contributed by atoms with Crippen LogP contribution in [0.5, 0.6) is 5.75 Å². The number of hydrogen-bond acceptors (Lipinski definition) is 2. The summed E-state index contributed by atoms with van der Waals surface area (Å²) in [5.74, 6) is -0.751. The van der Waals surface area contributed by atoms with Crippen molar-refractivity contribution >= 4 is 24.2 Å². The second kappa shape index (κ2) is 5.59. The summed E-state index contributed by atoms with van der Waals surface area (Å²) in [6, 6.07) is 8.19. The van der Waals surface area contributed by atoms with Gasteiger partial charge in [-0.1, -0.05) is 11.6 Å². The van der Waals surface area contributed by atoms with Crippen LogP contribution in [-0.4, -0.2) is 0 Å². The van der Waals surface area contributed by atoms with Gasteiger partial charge in [0.25, 0.3) is 0 Å². The first kappa shape index (κ1) is 13.2. The van der Waals surface area contributed by atoms with Crippen LogP contribution in [0, 0.1) is 11.6 Å². The van der Waals surface area contributed by atoms with Crippen LogP contribution in [0.4, 0.5) is 8.78 Å². The molecule has 0 N–H and O–H groups in total. The lowest BCUT2D eigenvalue weighted by Crippen LogP contribution is -1.97. The molecule has 0 spiro atoms. The summed E-state index contributed by atoms with van der Waals surface area (Å²) < 4.78 is 31.3. The Labute approximate surface area is 114 Å². The van der Waals surface area contributed by atoms with Gasteiger partial charge in [-0.2, -0.15) is 0 Å². The molecule has 94 valence electrons. The smallest absolute Gasteiger partial charge is 0.133 e. The van der Waals surface area contributed by atoms with Crippen molar-refractivity contribution in [2.24, 2.45) is 0 Å². The first-order valence-corrected chi connectivity index (χ1v) is 5.93. The van der Waals surface area contributed by atoms with E-state index in [0.717, 1.165) is 6.07 Å². The first-order chi connectivity index (χ1) is 8.54. The second-order valence-electron chi connectivity index (χ2n) is 3.68. The highest BCUT2D eigenvalue weighted by Crippen LogP contribution is 2.26. The number of ether oxygens (including phenoxy) is 1. The Morgan fingerprint density at radius 2 is 1.72 bits per heavy atom. The van der Waals surface area contributed by atoms with E-state index in [-0.39, 0.29) is 6.61 Å². The average Bonchev–Trinajstić information content (AvgIpc) is 2.26. The van der Waals surface area contributed by atoms with Gasteiger partial charge in [0.1, 0.15) is 24.0 Å². The van der Waals surface area contributed by atoms with Crippen LogP contribution in [0.2, 0.25) is 5.02 Å². The molecule has 0 saturated carbocycles. The number of halogens is 3. The Balaban J connectivity index is 2.11. The van der Waals surface area contributed by atoms with Crippen molar-refractivity contribution in [1.82, 2.24) is 0 Å². The van der Waals surface area contributed by atoms with Crippen LogP contribution < -0.4 is 4.74 Å². The zero-order valence-electron chi connectivity index (χ0n) is 9.16. The molecule has 2 rings (SSSR count). The van der Waals surface area contributed by atoms with E-state index in [1.807, 2.05) is 0 Å². The lowest BCUT2D eigenvalue weighted by Gasteiger charge is -2.09. The molecule has 0 atom stereocenters. The van der Waals surface area contributed by atoms with E-state index >= 15 is 0 Å².